The summed E-state index contributed by atoms with van der Waals surface area (Å²) < 4.78 is 10.8. The summed E-state index contributed by atoms with van der Waals surface area (Å²) >= 11 is 0. The van der Waals surface area contributed by atoms with Gasteiger partial charge in [0.1, 0.15) is 24.3 Å². The third-order valence-electron chi connectivity index (χ3n) is 5.01. The van der Waals surface area contributed by atoms with Gasteiger partial charge in [-0.3, -0.25) is 4.79 Å². The van der Waals surface area contributed by atoms with Gasteiger partial charge in [0.05, 0.1) is 0 Å². The Morgan fingerprint density at radius 1 is 1.06 bits per heavy atom. The number of nitrogens with one attached hydrogen (secondary N) is 1. The molecular weight excluding hydrogens is 396 g/mol. The number of nitrogens with zero attached hydrogens (tertiary/aromatic N) is 1. The van der Waals surface area contributed by atoms with Crippen LogP contribution in [-0.4, -0.2) is 47.6 Å². The molecule has 0 saturated carbocycles. The van der Waals surface area contributed by atoms with Gasteiger partial charge in [0.25, 0.3) is 0 Å². The van der Waals surface area contributed by atoms with Gasteiger partial charge in [0, 0.05) is 7.05 Å². The summed E-state index contributed by atoms with van der Waals surface area (Å²) in [6, 6.07) is 7.79. The maximum atomic E-state index is 13.3. The Kier molecular flexibility index (Phi) is 10.0. The van der Waals surface area contributed by atoms with Crippen molar-refractivity contribution in [3.8, 4) is 0 Å². The molecule has 31 heavy (non-hydrogen) atoms. The Hall–Kier alpha value is -2.57. The fourth-order valence-electron chi connectivity index (χ4n) is 3.17. The zero-order valence-electron chi connectivity index (χ0n) is 20.1. The molecule has 1 N–H and O–H groups in total. The molecule has 0 heterocycles. The predicted molar refractivity (Wildman–Crippen MR) is 120 cm³/mol. The van der Waals surface area contributed by atoms with E-state index in [9.17, 15) is 14.4 Å². The van der Waals surface area contributed by atoms with Crippen molar-refractivity contribution >= 4 is 18.0 Å². The van der Waals surface area contributed by atoms with Crippen LogP contribution in [0, 0.1) is 11.8 Å². The normalized spacial score (nSPS) is 14.4. The molecule has 1 aromatic rings. The molecule has 0 aromatic heterocycles. The first-order valence-corrected chi connectivity index (χ1v) is 10.8. The zero-order valence-corrected chi connectivity index (χ0v) is 20.1. The molecule has 1 rings (SSSR count). The van der Waals surface area contributed by atoms with Crippen molar-refractivity contribution in [3.05, 3.63) is 35.9 Å². The molecule has 0 unspecified atom stereocenters. The fourth-order valence-corrected chi connectivity index (χ4v) is 3.17. The van der Waals surface area contributed by atoms with Crippen LogP contribution in [0.3, 0.4) is 0 Å². The highest BCUT2D eigenvalue weighted by Gasteiger charge is 2.37. The molecule has 174 valence electrons. The smallest absolute Gasteiger partial charge is 0.408 e. The number of esters is 1. The molecule has 0 spiro atoms. The van der Waals surface area contributed by atoms with Crippen molar-refractivity contribution in [2.45, 2.75) is 79.2 Å². The highest BCUT2D eigenvalue weighted by atomic mass is 16.6. The number of carbonyl (C=O) groups excluding carboxylic acids is 3. The lowest BCUT2D eigenvalue weighted by Crippen LogP contribution is -2.56. The molecule has 1 aromatic carbocycles. The SMILES string of the molecule is CC[C@@H](C)[C@H](NC(=O)OC(C)(C)C)C(=O)N(C)[C@H](C(=O)OCc1ccccc1)C(C)C. The lowest BCUT2D eigenvalue weighted by Gasteiger charge is -2.34. The van der Waals surface area contributed by atoms with Crippen LogP contribution < -0.4 is 5.32 Å². The Bertz CT molecular complexity index is 727. The highest BCUT2D eigenvalue weighted by Crippen LogP contribution is 2.18. The van der Waals surface area contributed by atoms with E-state index in [0.29, 0.717) is 6.42 Å². The van der Waals surface area contributed by atoms with Crippen molar-refractivity contribution in [1.82, 2.24) is 10.2 Å². The molecule has 7 heteroatoms. The van der Waals surface area contributed by atoms with E-state index >= 15 is 0 Å². The monoisotopic (exact) mass is 434 g/mol. The molecule has 2 amide bonds. The molecule has 7 nitrogen and oxygen atoms in total. The number of benzene rings is 1. The number of hydrogen-bond acceptors (Lipinski definition) is 5. The highest BCUT2D eigenvalue weighted by molar-refractivity contribution is 5.90. The van der Waals surface area contributed by atoms with Crippen molar-refractivity contribution in [2.24, 2.45) is 11.8 Å². The topological polar surface area (TPSA) is 84.9 Å². The second kappa shape index (κ2) is 11.7. The van der Waals surface area contributed by atoms with Crippen LogP contribution >= 0.6 is 0 Å². The second-order valence-electron chi connectivity index (χ2n) is 9.24. The van der Waals surface area contributed by atoms with Gasteiger partial charge in [-0.1, -0.05) is 64.4 Å². The van der Waals surface area contributed by atoms with E-state index in [4.69, 9.17) is 9.47 Å². The molecule has 0 aliphatic rings. The van der Waals surface area contributed by atoms with Crippen molar-refractivity contribution in [1.29, 1.82) is 0 Å². The quantitative estimate of drug-likeness (QED) is 0.590. The van der Waals surface area contributed by atoms with Gasteiger partial charge in [-0.25, -0.2) is 9.59 Å². The zero-order chi connectivity index (χ0) is 23.8. The number of rotatable bonds is 9. The van der Waals surface area contributed by atoms with Crippen LogP contribution in [0.1, 0.15) is 60.5 Å². The molecule has 0 saturated heterocycles. The minimum Gasteiger partial charge on any atom is -0.459 e. The van der Waals surface area contributed by atoms with Crippen LogP contribution in [0.25, 0.3) is 0 Å². The fraction of sp³-hybridized carbons (Fsp3) is 0.625. The van der Waals surface area contributed by atoms with Crippen molar-refractivity contribution < 1.29 is 23.9 Å². The molecule has 3 atom stereocenters. The molecular formula is C24H38N2O5. The first-order chi connectivity index (χ1) is 14.4. The van der Waals surface area contributed by atoms with Crippen molar-refractivity contribution in [3.63, 3.8) is 0 Å². The van der Waals surface area contributed by atoms with Crippen LogP contribution in [-0.2, 0) is 25.7 Å². The van der Waals surface area contributed by atoms with Gasteiger partial charge in [-0.05, 0) is 38.2 Å². The van der Waals surface area contributed by atoms with Gasteiger partial charge in [0.15, 0.2) is 0 Å². The Morgan fingerprint density at radius 2 is 1.65 bits per heavy atom. The maximum Gasteiger partial charge on any atom is 0.408 e. The average Bonchev–Trinajstić information content (AvgIpc) is 2.68. The third kappa shape index (κ3) is 8.59. The summed E-state index contributed by atoms with van der Waals surface area (Å²) in [7, 11) is 1.57. The minimum atomic E-state index is -0.812. The van der Waals surface area contributed by atoms with Gasteiger partial charge in [0.2, 0.25) is 5.91 Å². The Balaban J connectivity index is 2.96. The molecule has 0 radical (unpaired) electrons. The second-order valence-corrected chi connectivity index (χ2v) is 9.24. The van der Waals surface area contributed by atoms with E-state index in [2.05, 4.69) is 5.32 Å². The lowest BCUT2D eigenvalue weighted by atomic mass is 9.95. The lowest BCUT2D eigenvalue weighted by molar-refractivity contribution is -0.158. The van der Waals surface area contributed by atoms with Crippen molar-refractivity contribution in [2.75, 3.05) is 7.05 Å². The number of amides is 2. The first-order valence-electron chi connectivity index (χ1n) is 10.8. The van der Waals surface area contributed by atoms with Gasteiger partial charge in [-0.2, -0.15) is 0 Å². The summed E-state index contributed by atoms with van der Waals surface area (Å²) in [6.45, 7) is 13.0. The van der Waals surface area contributed by atoms with Crippen LogP contribution in [0.4, 0.5) is 4.79 Å². The number of ether oxygens (including phenoxy) is 2. The standard InChI is InChI=1S/C24H38N2O5/c1-9-17(4)19(25-23(29)31-24(5,6)7)21(27)26(8)20(16(2)3)22(28)30-15-18-13-11-10-12-14-18/h10-14,16-17,19-20H,9,15H2,1-8H3,(H,25,29)/t17-,19+,20+/m1/s1. The summed E-state index contributed by atoms with van der Waals surface area (Å²) in [5.41, 5.74) is 0.192. The van der Waals surface area contributed by atoms with Crippen LogP contribution in [0.5, 0.6) is 0 Å². The van der Waals surface area contributed by atoms with E-state index in [-0.39, 0.29) is 24.3 Å². The van der Waals surface area contributed by atoms with E-state index in [1.165, 1.54) is 4.90 Å². The van der Waals surface area contributed by atoms with E-state index in [1.54, 1.807) is 27.8 Å². The van der Waals surface area contributed by atoms with E-state index in [1.807, 2.05) is 58.0 Å². The third-order valence-corrected chi connectivity index (χ3v) is 5.01. The van der Waals surface area contributed by atoms with E-state index < -0.39 is 29.7 Å². The Morgan fingerprint density at radius 3 is 2.13 bits per heavy atom. The van der Waals surface area contributed by atoms with E-state index in [0.717, 1.165) is 5.56 Å². The molecule has 0 aliphatic heterocycles. The summed E-state index contributed by atoms with van der Waals surface area (Å²) in [6.07, 6.45) is 0.0116. The first kappa shape index (κ1) is 26.5. The molecule has 0 fully saturated rings. The molecule has 0 bridgehead atoms. The average molecular weight is 435 g/mol. The number of carbonyl (C=O) groups is 3. The summed E-state index contributed by atoms with van der Waals surface area (Å²) in [5.74, 6) is -1.14. The van der Waals surface area contributed by atoms with Crippen LogP contribution in [0.2, 0.25) is 0 Å². The number of alkyl carbamates (subject to hydrolysis) is 1. The predicted octanol–water partition coefficient (Wildman–Crippen LogP) is 4.15. The maximum absolute atomic E-state index is 13.3. The Labute approximate surface area is 186 Å². The summed E-state index contributed by atoms with van der Waals surface area (Å²) in [5, 5.41) is 2.69. The van der Waals surface area contributed by atoms with Gasteiger partial charge in [-0.15, -0.1) is 0 Å². The van der Waals surface area contributed by atoms with Gasteiger partial charge < -0.3 is 19.7 Å². The minimum absolute atomic E-state index is 0.135. The number of likely N-dealkylation sites (N-methyl/N-ethyl adjacent to an activating group) is 1. The number of hydrogen-bond donors (Lipinski definition) is 1. The largest absolute Gasteiger partial charge is 0.459 e. The molecule has 0 aliphatic carbocycles. The summed E-state index contributed by atoms with van der Waals surface area (Å²) in [4.78, 5) is 39.9. The van der Waals surface area contributed by atoms with Gasteiger partial charge >= 0.3 is 12.1 Å². The van der Waals surface area contributed by atoms with Crippen LogP contribution in [0.15, 0.2) is 30.3 Å².